The number of benzene rings is 1. The third kappa shape index (κ3) is 2.39. The minimum absolute atomic E-state index is 0.200. The number of amides is 1. The lowest BCUT2D eigenvalue weighted by Gasteiger charge is -2.26. The van der Waals surface area contributed by atoms with Crippen molar-refractivity contribution in [2.24, 2.45) is 0 Å². The zero-order valence-corrected chi connectivity index (χ0v) is 11.6. The minimum Gasteiger partial charge on any atom is -0.341 e. The van der Waals surface area contributed by atoms with Gasteiger partial charge in [-0.05, 0) is 31.7 Å². The van der Waals surface area contributed by atoms with Crippen molar-refractivity contribution in [1.29, 1.82) is 0 Å². The number of carbonyl (C=O) groups excluding carboxylic acids is 1. The first-order valence-corrected chi connectivity index (χ1v) is 7.31. The van der Waals surface area contributed by atoms with E-state index in [1.54, 1.807) is 0 Å². The highest BCUT2D eigenvalue weighted by molar-refractivity contribution is 5.91. The van der Waals surface area contributed by atoms with E-state index in [4.69, 9.17) is 0 Å². The van der Waals surface area contributed by atoms with Crippen LogP contribution >= 0.6 is 0 Å². The van der Waals surface area contributed by atoms with Gasteiger partial charge < -0.3 is 10.2 Å². The number of rotatable bonds is 2. The smallest absolute Gasteiger partial charge is 0.233 e. The standard InChI is InChI=1S/C16H22N2O/c1-13-7-11-18(12-10-17-13)15(19)16(8-9-16)14-5-3-2-4-6-14/h2-6,13,17H,7-12H2,1H3. The number of carbonyl (C=O) groups is 1. The van der Waals surface area contributed by atoms with Gasteiger partial charge in [-0.3, -0.25) is 4.79 Å². The molecule has 3 rings (SSSR count). The topological polar surface area (TPSA) is 32.3 Å². The van der Waals surface area contributed by atoms with Crippen molar-refractivity contribution >= 4 is 5.91 Å². The third-order valence-corrected chi connectivity index (χ3v) is 4.48. The Morgan fingerprint density at radius 3 is 2.68 bits per heavy atom. The highest BCUT2D eigenvalue weighted by atomic mass is 16.2. The van der Waals surface area contributed by atoms with Crippen molar-refractivity contribution in [2.45, 2.75) is 37.6 Å². The molecule has 1 saturated heterocycles. The Bertz CT molecular complexity index is 453. The largest absolute Gasteiger partial charge is 0.341 e. The summed E-state index contributed by atoms with van der Waals surface area (Å²) in [6.07, 6.45) is 3.07. The molecule has 0 bridgehead atoms. The van der Waals surface area contributed by atoms with Gasteiger partial charge in [0.15, 0.2) is 0 Å². The molecule has 0 spiro atoms. The van der Waals surface area contributed by atoms with Crippen LogP contribution in [0.2, 0.25) is 0 Å². The summed E-state index contributed by atoms with van der Waals surface area (Å²) in [6, 6.07) is 10.8. The van der Waals surface area contributed by atoms with E-state index < -0.39 is 0 Å². The summed E-state index contributed by atoms with van der Waals surface area (Å²) in [5, 5.41) is 3.45. The van der Waals surface area contributed by atoms with E-state index in [2.05, 4.69) is 29.3 Å². The molecule has 19 heavy (non-hydrogen) atoms. The fourth-order valence-corrected chi connectivity index (χ4v) is 3.02. The maximum absolute atomic E-state index is 12.8. The Hall–Kier alpha value is -1.35. The Kier molecular flexibility index (Phi) is 3.31. The summed E-state index contributed by atoms with van der Waals surface area (Å²) in [5.41, 5.74) is 1.000. The van der Waals surface area contributed by atoms with Gasteiger partial charge in [0, 0.05) is 25.7 Å². The monoisotopic (exact) mass is 258 g/mol. The molecule has 2 aliphatic rings. The molecular weight excluding hydrogens is 236 g/mol. The summed E-state index contributed by atoms with van der Waals surface area (Å²) < 4.78 is 0. The molecule has 1 aliphatic heterocycles. The van der Waals surface area contributed by atoms with E-state index in [0.717, 1.165) is 38.9 Å². The van der Waals surface area contributed by atoms with E-state index >= 15 is 0 Å². The number of nitrogens with one attached hydrogen (secondary N) is 1. The van der Waals surface area contributed by atoms with Gasteiger partial charge in [-0.15, -0.1) is 0 Å². The fourth-order valence-electron chi connectivity index (χ4n) is 3.02. The van der Waals surface area contributed by atoms with E-state index in [0.29, 0.717) is 11.9 Å². The Labute approximate surface area is 115 Å². The molecule has 2 fully saturated rings. The molecule has 102 valence electrons. The van der Waals surface area contributed by atoms with Crippen molar-refractivity contribution < 1.29 is 4.79 Å². The van der Waals surface area contributed by atoms with Gasteiger partial charge in [-0.25, -0.2) is 0 Å². The van der Waals surface area contributed by atoms with Crippen LogP contribution in [0, 0.1) is 0 Å². The van der Waals surface area contributed by atoms with Crippen LogP contribution in [0.3, 0.4) is 0 Å². The van der Waals surface area contributed by atoms with Gasteiger partial charge in [-0.2, -0.15) is 0 Å². The molecule has 1 atom stereocenters. The van der Waals surface area contributed by atoms with Crippen molar-refractivity contribution in [2.75, 3.05) is 19.6 Å². The Balaban J connectivity index is 1.77. The second-order valence-electron chi connectivity index (χ2n) is 5.88. The van der Waals surface area contributed by atoms with E-state index in [1.165, 1.54) is 5.56 Å². The Morgan fingerprint density at radius 1 is 1.26 bits per heavy atom. The maximum atomic E-state index is 12.8. The number of hydrogen-bond donors (Lipinski definition) is 1. The van der Waals surface area contributed by atoms with E-state index in [9.17, 15) is 4.79 Å². The summed E-state index contributed by atoms with van der Waals surface area (Å²) in [6.45, 7) is 4.84. The highest BCUT2D eigenvalue weighted by Crippen LogP contribution is 2.49. The maximum Gasteiger partial charge on any atom is 0.233 e. The molecule has 1 aliphatic carbocycles. The lowest BCUT2D eigenvalue weighted by molar-refractivity contribution is -0.133. The predicted octanol–water partition coefficient (Wildman–Crippen LogP) is 1.93. The second kappa shape index (κ2) is 4.97. The molecule has 1 saturated carbocycles. The van der Waals surface area contributed by atoms with Crippen LogP contribution in [0.5, 0.6) is 0 Å². The van der Waals surface area contributed by atoms with Gasteiger partial charge in [0.1, 0.15) is 0 Å². The van der Waals surface area contributed by atoms with Gasteiger partial charge >= 0.3 is 0 Å². The van der Waals surface area contributed by atoms with Crippen LogP contribution in [0.1, 0.15) is 31.7 Å². The average molecular weight is 258 g/mol. The molecule has 1 unspecified atom stereocenters. The lowest BCUT2D eigenvalue weighted by Crippen LogP contribution is -2.41. The molecule has 1 heterocycles. The van der Waals surface area contributed by atoms with Gasteiger partial charge in [0.2, 0.25) is 5.91 Å². The molecular formula is C16H22N2O. The molecule has 1 aromatic carbocycles. The van der Waals surface area contributed by atoms with E-state index in [1.807, 2.05) is 18.2 Å². The highest BCUT2D eigenvalue weighted by Gasteiger charge is 2.52. The first kappa shape index (κ1) is 12.7. The number of nitrogens with zero attached hydrogens (tertiary/aromatic N) is 1. The van der Waals surface area contributed by atoms with Gasteiger partial charge in [0.25, 0.3) is 0 Å². The van der Waals surface area contributed by atoms with E-state index in [-0.39, 0.29) is 5.41 Å². The summed E-state index contributed by atoms with van der Waals surface area (Å²) in [4.78, 5) is 14.9. The molecule has 1 amide bonds. The second-order valence-corrected chi connectivity index (χ2v) is 5.88. The number of hydrogen-bond acceptors (Lipinski definition) is 2. The van der Waals surface area contributed by atoms with Crippen LogP contribution in [-0.4, -0.2) is 36.5 Å². The summed E-state index contributed by atoms with van der Waals surface area (Å²) >= 11 is 0. The van der Waals surface area contributed by atoms with Crippen LogP contribution < -0.4 is 5.32 Å². The van der Waals surface area contributed by atoms with Crippen molar-refractivity contribution in [1.82, 2.24) is 10.2 Å². The summed E-state index contributed by atoms with van der Waals surface area (Å²) in [7, 11) is 0. The first-order chi connectivity index (χ1) is 9.22. The molecule has 3 heteroatoms. The van der Waals surface area contributed by atoms with Crippen LogP contribution in [-0.2, 0) is 10.2 Å². The van der Waals surface area contributed by atoms with Gasteiger partial charge in [0.05, 0.1) is 5.41 Å². The minimum atomic E-state index is -0.200. The molecule has 1 N–H and O–H groups in total. The van der Waals surface area contributed by atoms with Crippen LogP contribution in [0.25, 0.3) is 0 Å². The lowest BCUT2D eigenvalue weighted by atomic mass is 9.94. The molecule has 0 radical (unpaired) electrons. The zero-order valence-electron chi connectivity index (χ0n) is 11.6. The predicted molar refractivity (Wildman–Crippen MR) is 76.0 cm³/mol. The SMILES string of the molecule is CC1CCN(C(=O)C2(c3ccccc3)CC2)CCN1. The van der Waals surface area contributed by atoms with Crippen molar-refractivity contribution in [3.63, 3.8) is 0 Å². The Morgan fingerprint density at radius 2 is 2.00 bits per heavy atom. The summed E-state index contributed by atoms with van der Waals surface area (Å²) in [5.74, 6) is 0.342. The molecule has 1 aromatic rings. The average Bonchev–Trinajstić information content (AvgIpc) is 3.25. The van der Waals surface area contributed by atoms with Crippen molar-refractivity contribution in [3.05, 3.63) is 35.9 Å². The van der Waals surface area contributed by atoms with Gasteiger partial charge in [-0.1, -0.05) is 30.3 Å². The van der Waals surface area contributed by atoms with Crippen molar-refractivity contribution in [3.8, 4) is 0 Å². The fraction of sp³-hybridized carbons (Fsp3) is 0.562. The van der Waals surface area contributed by atoms with Crippen LogP contribution in [0.4, 0.5) is 0 Å². The third-order valence-electron chi connectivity index (χ3n) is 4.48. The normalized spacial score (nSPS) is 25.7. The molecule has 3 nitrogen and oxygen atoms in total. The van der Waals surface area contributed by atoms with Crippen LogP contribution in [0.15, 0.2) is 30.3 Å². The molecule has 0 aromatic heterocycles. The quantitative estimate of drug-likeness (QED) is 0.879. The zero-order chi connectivity index (χ0) is 13.3. The first-order valence-electron chi connectivity index (χ1n) is 7.31.